The van der Waals surface area contributed by atoms with Gasteiger partial charge in [-0.1, -0.05) is 30.1 Å². The number of hydroxylamine groups is 1. The van der Waals surface area contributed by atoms with Gasteiger partial charge < -0.3 is 5.32 Å². The summed E-state index contributed by atoms with van der Waals surface area (Å²) in [6, 6.07) is 4.06. The van der Waals surface area contributed by atoms with Gasteiger partial charge in [0.1, 0.15) is 5.82 Å². The molecule has 2 unspecified atom stereocenters. The van der Waals surface area contributed by atoms with Crippen LogP contribution in [0.2, 0.25) is 10.0 Å². The molecule has 0 radical (unpaired) electrons. The lowest BCUT2D eigenvalue weighted by Crippen LogP contribution is -2.33. The van der Waals surface area contributed by atoms with Crippen LogP contribution in [0.5, 0.6) is 0 Å². The average Bonchev–Trinajstić information content (AvgIpc) is 2.61. The zero-order chi connectivity index (χ0) is 19.6. The third-order valence-electron chi connectivity index (χ3n) is 4.41. The van der Waals surface area contributed by atoms with Crippen molar-refractivity contribution in [2.45, 2.75) is 31.7 Å². The van der Waals surface area contributed by atoms with Crippen LogP contribution in [-0.2, 0) is 11.3 Å². The summed E-state index contributed by atoms with van der Waals surface area (Å²) in [6.07, 6.45) is 2.57. The van der Waals surface area contributed by atoms with Crippen molar-refractivity contribution in [2.75, 3.05) is 12.4 Å². The number of aliphatic imine (C=N–C) groups is 1. The highest BCUT2D eigenvalue weighted by Gasteiger charge is 2.27. The number of nitrogens with zero attached hydrogens (tertiary/aromatic N) is 2. The number of halogens is 4. The minimum Gasteiger partial charge on any atom is -0.322 e. The predicted octanol–water partition coefficient (Wildman–Crippen LogP) is 4.70. The molecule has 144 valence electrons. The van der Waals surface area contributed by atoms with Gasteiger partial charge in [-0.3, -0.25) is 4.84 Å². The highest BCUT2D eigenvalue weighted by molar-refractivity contribution is 6.42. The highest BCUT2D eigenvalue weighted by Crippen LogP contribution is 2.33. The predicted molar refractivity (Wildman–Crippen MR) is 102 cm³/mol. The number of hydrogen-bond acceptors (Lipinski definition) is 3. The smallest absolute Gasteiger partial charge is 0.220 e. The van der Waals surface area contributed by atoms with Crippen molar-refractivity contribution in [2.24, 2.45) is 4.99 Å². The summed E-state index contributed by atoms with van der Waals surface area (Å²) in [7, 11) is 1.41. The number of anilines is 1. The molecule has 3 rings (SSSR count). The Hall–Kier alpha value is -1.96. The van der Waals surface area contributed by atoms with Crippen LogP contribution < -0.4 is 10.8 Å². The van der Waals surface area contributed by atoms with Gasteiger partial charge in [-0.15, -0.1) is 0 Å². The normalized spacial score (nSPS) is 19.6. The second kappa shape index (κ2) is 8.37. The van der Waals surface area contributed by atoms with Crippen molar-refractivity contribution < 1.29 is 13.6 Å². The van der Waals surface area contributed by atoms with Crippen LogP contribution in [0.3, 0.4) is 0 Å². The quantitative estimate of drug-likeness (QED) is 0.251. The maximum absolute atomic E-state index is 14.1. The summed E-state index contributed by atoms with van der Waals surface area (Å²) in [5.41, 5.74) is 4.17. The largest absolute Gasteiger partial charge is 0.322 e. The molecular weight excluding hydrogens is 397 g/mol. The Balaban J connectivity index is 1.86. The molecule has 0 saturated carbocycles. The molecule has 1 aromatic carbocycles. The van der Waals surface area contributed by atoms with Crippen LogP contribution in [-0.4, -0.2) is 24.1 Å². The lowest BCUT2D eigenvalue weighted by molar-refractivity contribution is 0.143. The first-order chi connectivity index (χ1) is 12.9. The number of nitrogens with one attached hydrogen (secondary N) is 2. The first-order valence-electron chi connectivity index (χ1n) is 8.30. The fourth-order valence-corrected chi connectivity index (χ4v) is 3.52. The number of pyridine rings is 1. The summed E-state index contributed by atoms with van der Waals surface area (Å²) in [4.78, 5) is 13.2. The Kier molecular flexibility index (Phi) is 6.14. The van der Waals surface area contributed by atoms with Gasteiger partial charge in [0.2, 0.25) is 11.9 Å². The highest BCUT2D eigenvalue weighted by atomic mass is 35.5. The number of aromatic nitrogens is 1. The van der Waals surface area contributed by atoms with Crippen LogP contribution in [0.15, 0.2) is 29.4 Å². The number of fused-ring (bicyclic) bond motifs is 1. The zero-order valence-corrected chi connectivity index (χ0v) is 16.2. The molecule has 1 aliphatic carbocycles. The van der Waals surface area contributed by atoms with Crippen LogP contribution in [0, 0.1) is 11.8 Å². The Morgan fingerprint density at radius 3 is 2.78 bits per heavy atom. The molecule has 5 nitrogen and oxygen atoms in total. The molecule has 9 heteroatoms. The lowest BCUT2D eigenvalue weighted by Gasteiger charge is -2.27. The average molecular weight is 415 g/mol. The molecule has 1 aromatic heterocycles. The third kappa shape index (κ3) is 4.48. The van der Waals surface area contributed by atoms with Gasteiger partial charge in [0.25, 0.3) is 0 Å². The molecule has 2 aromatic rings. The maximum Gasteiger partial charge on any atom is 0.220 e. The van der Waals surface area contributed by atoms with Crippen LogP contribution in [0.25, 0.3) is 0 Å². The molecule has 0 aliphatic heterocycles. The minimum atomic E-state index is -0.590. The van der Waals surface area contributed by atoms with E-state index in [4.69, 9.17) is 28.0 Å². The molecule has 2 atom stereocenters. The molecule has 0 amide bonds. The Morgan fingerprint density at radius 1 is 1.30 bits per heavy atom. The molecule has 0 saturated heterocycles. The van der Waals surface area contributed by atoms with E-state index in [2.05, 4.69) is 20.8 Å². The number of rotatable bonds is 3. The van der Waals surface area contributed by atoms with Crippen LogP contribution >= 0.6 is 23.2 Å². The number of benzene rings is 1. The lowest BCUT2D eigenvalue weighted by atomic mass is 9.82. The summed E-state index contributed by atoms with van der Waals surface area (Å²) in [6.45, 7) is 2.01. The van der Waals surface area contributed by atoms with Gasteiger partial charge in [-0.25, -0.2) is 19.8 Å². The minimum absolute atomic E-state index is 0.0878. The molecule has 1 aliphatic rings. The van der Waals surface area contributed by atoms with Gasteiger partial charge in [0, 0.05) is 11.8 Å². The molecule has 0 spiro atoms. The second-order valence-corrected chi connectivity index (χ2v) is 7.13. The van der Waals surface area contributed by atoms with E-state index in [0.717, 1.165) is 11.6 Å². The van der Waals surface area contributed by atoms with E-state index in [1.807, 2.05) is 13.0 Å². The SMILES string of the molecule is CONC(=NC1Cc2c(ccnc2F)C(C)C1)Nc1cc(Cl)c(Cl)cc1F. The van der Waals surface area contributed by atoms with Crippen molar-refractivity contribution in [3.63, 3.8) is 0 Å². The van der Waals surface area contributed by atoms with E-state index in [0.29, 0.717) is 18.4 Å². The van der Waals surface area contributed by atoms with Crippen molar-refractivity contribution in [1.82, 2.24) is 10.5 Å². The molecular formula is C18H18Cl2F2N4O. The van der Waals surface area contributed by atoms with Crippen molar-refractivity contribution in [1.29, 1.82) is 0 Å². The van der Waals surface area contributed by atoms with E-state index in [-0.39, 0.29) is 33.7 Å². The fourth-order valence-electron chi connectivity index (χ4n) is 3.21. The molecule has 0 bridgehead atoms. The molecule has 27 heavy (non-hydrogen) atoms. The molecule has 2 N–H and O–H groups in total. The number of hydrogen-bond donors (Lipinski definition) is 2. The molecule has 1 heterocycles. The van der Waals surface area contributed by atoms with E-state index in [1.165, 1.54) is 19.4 Å². The van der Waals surface area contributed by atoms with Gasteiger partial charge >= 0.3 is 0 Å². The van der Waals surface area contributed by atoms with Gasteiger partial charge in [0.05, 0.1) is 28.9 Å². The zero-order valence-electron chi connectivity index (χ0n) is 14.7. The summed E-state index contributed by atoms with van der Waals surface area (Å²) < 4.78 is 28.2. The van der Waals surface area contributed by atoms with Crippen LogP contribution in [0.4, 0.5) is 14.5 Å². The fraction of sp³-hybridized carbons (Fsp3) is 0.333. The van der Waals surface area contributed by atoms with Crippen molar-refractivity contribution in [3.05, 3.63) is 57.3 Å². The van der Waals surface area contributed by atoms with Gasteiger partial charge in [-0.05, 0) is 42.5 Å². The first-order valence-corrected chi connectivity index (χ1v) is 9.06. The standard InChI is InChI=1S/C18H18Cl2F2N4O/c1-9-5-10(6-12-11(9)3-4-23-17(12)22)24-18(26-27-2)25-16-8-14(20)13(19)7-15(16)21/h3-4,7-10H,5-6H2,1-2H3,(H2,24,25,26). The monoisotopic (exact) mass is 414 g/mol. The van der Waals surface area contributed by atoms with E-state index < -0.39 is 11.8 Å². The van der Waals surface area contributed by atoms with E-state index in [9.17, 15) is 8.78 Å². The summed E-state index contributed by atoms with van der Waals surface area (Å²) >= 11 is 11.8. The van der Waals surface area contributed by atoms with Crippen molar-refractivity contribution in [3.8, 4) is 0 Å². The van der Waals surface area contributed by atoms with E-state index in [1.54, 1.807) is 0 Å². The maximum atomic E-state index is 14.1. The second-order valence-electron chi connectivity index (χ2n) is 6.32. The topological polar surface area (TPSA) is 58.5 Å². The number of guanidine groups is 1. The Morgan fingerprint density at radius 2 is 2.04 bits per heavy atom. The third-order valence-corrected chi connectivity index (χ3v) is 5.13. The Labute approximate surface area is 165 Å². The van der Waals surface area contributed by atoms with Crippen LogP contribution in [0.1, 0.15) is 30.4 Å². The molecule has 0 fully saturated rings. The van der Waals surface area contributed by atoms with Gasteiger partial charge in [0.15, 0.2) is 0 Å². The summed E-state index contributed by atoms with van der Waals surface area (Å²) in [5, 5.41) is 3.11. The Bertz CT molecular complexity index is 879. The van der Waals surface area contributed by atoms with Crippen molar-refractivity contribution >= 4 is 34.8 Å². The van der Waals surface area contributed by atoms with E-state index >= 15 is 0 Å². The van der Waals surface area contributed by atoms with Gasteiger partial charge in [-0.2, -0.15) is 4.39 Å². The summed E-state index contributed by atoms with van der Waals surface area (Å²) in [5.74, 6) is -0.776. The first kappa shape index (κ1) is 19.8.